The third-order valence-electron chi connectivity index (χ3n) is 3.70. The summed E-state index contributed by atoms with van der Waals surface area (Å²) in [5.41, 5.74) is -0.338. The number of hydrogen-bond donors (Lipinski definition) is 1. The van der Waals surface area contributed by atoms with Crippen molar-refractivity contribution >= 4 is 11.8 Å². The lowest BCUT2D eigenvalue weighted by Crippen LogP contribution is -2.40. The van der Waals surface area contributed by atoms with E-state index >= 15 is 0 Å². The zero-order chi connectivity index (χ0) is 9.47. The van der Waals surface area contributed by atoms with E-state index in [-0.39, 0.29) is 17.2 Å². The van der Waals surface area contributed by atoms with Crippen molar-refractivity contribution in [2.45, 2.75) is 39.0 Å². The average Bonchev–Trinajstić information content (AvgIpc) is 2.24. The number of amides is 2. The van der Waals surface area contributed by atoms with Gasteiger partial charge in [-0.2, -0.15) is 0 Å². The van der Waals surface area contributed by atoms with Crippen molar-refractivity contribution in [3.05, 3.63) is 0 Å². The fraction of sp³-hybridized carbons (Fsp3) is 0.800. The third kappa shape index (κ3) is 1.10. The van der Waals surface area contributed by atoms with E-state index in [9.17, 15) is 9.59 Å². The molecule has 1 atom stereocenters. The molecule has 3 nitrogen and oxygen atoms in total. The number of imide groups is 1. The van der Waals surface area contributed by atoms with Crippen LogP contribution in [-0.2, 0) is 9.59 Å². The number of carbonyl (C=O) groups excluding carboxylic acids is 2. The van der Waals surface area contributed by atoms with Crippen LogP contribution in [0, 0.1) is 11.3 Å². The fourth-order valence-electron chi connectivity index (χ4n) is 2.53. The first-order chi connectivity index (χ1) is 6.19. The molecule has 0 spiro atoms. The van der Waals surface area contributed by atoms with Crippen LogP contribution in [0.1, 0.15) is 39.0 Å². The standard InChI is InChI=1S/C10H15NO2/c1-2-10(7-4-3-5-7)6-8(12)11-9(10)13/h7H,2-6H2,1H3,(H,11,12,13). The Bertz CT molecular complexity index is 258. The quantitative estimate of drug-likeness (QED) is 0.651. The van der Waals surface area contributed by atoms with Gasteiger partial charge in [0.2, 0.25) is 11.8 Å². The van der Waals surface area contributed by atoms with Crippen LogP contribution in [0.15, 0.2) is 0 Å². The lowest BCUT2D eigenvalue weighted by atomic mass is 9.63. The van der Waals surface area contributed by atoms with Gasteiger partial charge in [-0.25, -0.2) is 0 Å². The Hall–Kier alpha value is -0.860. The Labute approximate surface area is 77.9 Å². The number of carbonyl (C=O) groups is 2. The molecule has 0 bridgehead atoms. The summed E-state index contributed by atoms with van der Waals surface area (Å²) in [7, 11) is 0. The van der Waals surface area contributed by atoms with Gasteiger partial charge in [0, 0.05) is 6.42 Å². The molecule has 1 heterocycles. The Balaban J connectivity index is 2.23. The highest BCUT2D eigenvalue weighted by molar-refractivity contribution is 6.06. The van der Waals surface area contributed by atoms with E-state index in [1.807, 2.05) is 6.92 Å². The minimum absolute atomic E-state index is 0.0234. The van der Waals surface area contributed by atoms with Gasteiger partial charge < -0.3 is 0 Å². The molecule has 1 aliphatic heterocycles. The highest BCUT2D eigenvalue weighted by Crippen LogP contribution is 2.48. The predicted molar refractivity (Wildman–Crippen MR) is 47.8 cm³/mol. The molecular formula is C10H15NO2. The van der Waals surface area contributed by atoms with Crippen molar-refractivity contribution in [2.24, 2.45) is 11.3 Å². The number of hydrogen-bond acceptors (Lipinski definition) is 2. The van der Waals surface area contributed by atoms with Crippen LogP contribution in [-0.4, -0.2) is 11.8 Å². The van der Waals surface area contributed by atoms with Gasteiger partial charge in [0.1, 0.15) is 0 Å². The summed E-state index contributed by atoms with van der Waals surface area (Å²) in [6, 6.07) is 0. The molecule has 1 saturated heterocycles. The van der Waals surface area contributed by atoms with Gasteiger partial charge in [0.05, 0.1) is 5.41 Å². The lowest BCUT2D eigenvalue weighted by Gasteiger charge is -2.39. The van der Waals surface area contributed by atoms with E-state index in [2.05, 4.69) is 5.32 Å². The van der Waals surface area contributed by atoms with Crippen LogP contribution < -0.4 is 5.32 Å². The predicted octanol–water partition coefficient (Wildman–Crippen LogP) is 1.23. The van der Waals surface area contributed by atoms with Crippen LogP contribution in [0.2, 0.25) is 0 Å². The Morgan fingerprint density at radius 3 is 2.46 bits per heavy atom. The topological polar surface area (TPSA) is 46.2 Å². The molecule has 13 heavy (non-hydrogen) atoms. The molecule has 2 amide bonds. The molecule has 2 aliphatic rings. The summed E-state index contributed by atoms with van der Waals surface area (Å²) in [4.78, 5) is 22.8. The summed E-state index contributed by atoms with van der Waals surface area (Å²) >= 11 is 0. The van der Waals surface area contributed by atoms with Gasteiger partial charge in [-0.3, -0.25) is 14.9 Å². The molecule has 3 heteroatoms. The first-order valence-electron chi connectivity index (χ1n) is 5.03. The van der Waals surface area contributed by atoms with Crippen molar-refractivity contribution in [1.29, 1.82) is 0 Å². The Morgan fingerprint density at radius 1 is 1.46 bits per heavy atom. The van der Waals surface area contributed by atoms with Crippen molar-refractivity contribution in [1.82, 2.24) is 5.32 Å². The lowest BCUT2D eigenvalue weighted by molar-refractivity contribution is -0.132. The largest absolute Gasteiger partial charge is 0.296 e. The van der Waals surface area contributed by atoms with Crippen molar-refractivity contribution in [3.63, 3.8) is 0 Å². The summed E-state index contributed by atoms with van der Waals surface area (Å²) < 4.78 is 0. The summed E-state index contributed by atoms with van der Waals surface area (Å²) in [6.07, 6.45) is 4.68. The van der Waals surface area contributed by atoms with Gasteiger partial charge in [-0.15, -0.1) is 0 Å². The third-order valence-corrected chi connectivity index (χ3v) is 3.70. The van der Waals surface area contributed by atoms with Gasteiger partial charge >= 0.3 is 0 Å². The fourth-order valence-corrected chi connectivity index (χ4v) is 2.53. The maximum atomic E-state index is 11.6. The number of nitrogens with one attached hydrogen (secondary N) is 1. The maximum Gasteiger partial charge on any atom is 0.233 e. The van der Waals surface area contributed by atoms with Gasteiger partial charge in [0.25, 0.3) is 0 Å². The second-order valence-corrected chi connectivity index (χ2v) is 4.19. The van der Waals surface area contributed by atoms with Gasteiger partial charge in [0.15, 0.2) is 0 Å². The molecule has 1 saturated carbocycles. The van der Waals surface area contributed by atoms with Gasteiger partial charge in [-0.1, -0.05) is 13.3 Å². The molecule has 0 aromatic rings. The van der Waals surface area contributed by atoms with Crippen LogP contribution in [0.4, 0.5) is 0 Å². The first kappa shape index (κ1) is 8.73. The van der Waals surface area contributed by atoms with Gasteiger partial charge in [-0.05, 0) is 25.2 Å². The van der Waals surface area contributed by atoms with Crippen LogP contribution in [0.5, 0.6) is 0 Å². The van der Waals surface area contributed by atoms with E-state index < -0.39 is 0 Å². The maximum absolute atomic E-state index is 11.6. The molecule has 2 rings (SSSR count). The monoisotopic (exact) mass is 181 g/mol. The van der Waals surface area contributed by atoms with E-state index in [4.69, 9.17) is 0 Å². The molecule has 1 aliphatic carbocycles. The zero-order valence-corrected chi connectivity index (χ0v) is 7.93. The Kier molecular flexibility index (Phi) is 1.90. The average molecular weight is 181 g/mol. The van der Waals surface area contributed by atoms with Crippen LogP contribution >= 0.6 is 0 Å². The van der Waals surface area contributed by atoms with Crippen molar-refractivity contribution < 1.29 is 9.59 Å². The molecule has 2 fully saturated rings. The van der Waals surface area contributed by atoms with Crippen LogP contribution in [0.3, 0.4) is 0 Å². The molecule has 0 radical (unpaired) electrons. The highest BCUT2D eigenvalue weighted by Gasteiger charge is 2.52. The van der Waals surface area contributed by atoms with Crippen molar-refractivity contribution in [2.75, 3.05) is 0 Å². The molecule has 0 aromatic heterocycles. The van der Waals surface area contributed by atoms with E-state index in [0.29, 0.717) is 12.3 Å². The SMILES string of the molecule is CCC1(C2CCC2)CC(=O)NC1=O. The molecule has 1 N–H and O–H groups in total. The normalized spacial score (nSPS) is 34.5. The smallest absolute Gasteiger partial charge is 0.233 e. The number of rotatable bonds is 2. The summed E-state index contributed by atoms with van der Waals surface area (Å²) in [5, 5.41) is 2.43. The van der Waals surface area contributed by atoms with E-state index in [0.717, 1.165) is 19.3 Å². The van der Waals surface area contributed by atoms with Crippen LogP contribution in [0.25, 0.3) is 0 Å². The minimum atomic E-state index is -0.338. The highest BCUT2D eigenvalue weighted by atomic mass is 16.2. The first-order valence-corrected chi connectivity index (χ1v) is 5.03. The van der Waals surface area contributed by atoms with E-state index in [1.165, 1.54) is 6.42 Å². The summed E-state index contributed by atoms with van der Waals surface area (Å²) in [5.74, 6) is 0.354. The Morgan fingerprint density at radius 2 is 2.15 bits per heavy atom. The minimum Gasteiger partial charge on any atom is -0.296 e. The second-order valence-electron chi connectivity index (χ2n) is 4.19. The van der Waals surface area contributed by atoms with E-state index in [1.54, 1.807) is 0 Å². The van der Waals surface area contributed by atoms with Crippen molar-refractivity contribution in [3.8, 4) is 0 Å². The molecule has 0 aromatic carbocycles. The molecule has 1 unspecified atom stereocenters. The summed E-state index contributed by atoms with van der Waals surface area (Å²) in [6.45, 7) is 2.01. The molecule has 72 valence electrons. The second kappa shape index (κ2) is 2.82. The molecular weight excluding hydrogens is 166 g/mol. The zero-order valence-electron chi connectivity index (χ0n) is 7.93.